The van der Waals surface area contributed by atoms with Gasteiger partial charge in [0.05, 0.1) is 16.8 Å². The molecule has 4 heteroatoms. The molecule has 16 rings (SSSR count). The Balaban J connectivity index is 1.02. The van der Waals surface area contributed by atoms with E-state index in [2.05, 4.69) is 281 Å². The number of benzene rings is 10. The zero-order valence-electron chi connectivity index (χ0n) is 48.8. The predicted octanol–water partition coefficient (Wildman–Crippen LogP) is 18.8. The zero-order valence-corrected chi connectivity index (χ0v) is 48.8. The van der Waals surface area contributed by atoms with Crippen molar-refractivity contribution in [3.8, 4) is 44.5 Å². The summed E-state index contributed by atoms with van der Waals surface area (Å²) in [6.07, 6.45) is 0. The van der Waals surface area contributed by atoms with Crippen molar-refractivity contribution in [3.63, 3.8) is 0 Å². The van der Waals surface area contributed by atoms with Gasteiger partial charge in [0.25, 0.3) is 6.71 Å². The van der Waals surface area contributed by atoms with Crippen LogP contribution in [0.15, 0.2) is 192 Å². The van der Waals surface area contributed by atoms with E-state index in [1.165, 1.54) is 128 Å². The van der Waals surface area contributed by atoms with E-state index in [0.29, 0.717) is 0 Å². The fraction of sp³-hybridized carbons (Fsp3) is 0.221. The molecule has 2 aliphatic heterocycles. The highest BCUT2D eigenvalue weighted by Crippen LogP contribution is 2.67. The number of hydrogen-bond donors (Lipinski definition) is 0. The molecule has 0 bridgehead atoms. The number of rotatable bonds is 2. The first-order valence-corrected chi connectivity index (χ1v) is 29.4. The van der Waals surface area contributed by atoms with Crippen LogP contribution in [-0.2, 0) is 27.1 Å². The van der Waals surface area contributed by atoms with Crippen LogP contribution in [0.1, 0.15) is 128 Å². The molecule has 81 heavy (non-hydrogen) atoms. The van der Waals surface area contributed by atoms with E-state index in [4.69, 9.17) is 4.42 Å². The third-order valence-corrected chi connectivity index (χ3v) is 19.2. The molecular weight excluding hydrogens is 980 g/mol. The molecule has 1 spiro atoms. The van der Waals surface area contributed by atoms with Crippen molar-refractivity contribution in [1.29, 1.82) is 0 Å². The topological polar surface area (TPSA) is 19.6 Å². The normalized spacial score (nSPS) is 16.1. The summed E-state index contributed by atoms with van der Waals surface area (Å²) < 4.78 is 7.93. The van der Waals surface area contributed by atoms with Crippen molar-refractivity contribution >= 4 is 79.2 Å². The van der Waals surface area contributed by atoms with E-state index in [1.807, 2.05) is 0 Å². The zero-order chi connectivity index (χ0) is 55.6. The minimum atomic E-state index is -0.592. The molecule has 1 unspecified atom stereocenters. The van der Waals surface area contributed by atoms with Crippen LogP contribution in [0.25, 0.3) is 66.2 Å². The summed E-state index contributed by atoms with van der Waals surface area (Å²) in [7, 11) is 0. The number of hydrogen-bond acceptors (Lipinski definition) is 3. The monoisotopic (exact) mass is 1050 g/mol. The quantitative estimate of drug-likeness (QED) is 0.161. The number of furan rings is 1. The third-order valence-electron chi connectivity index (χ3n) is 19.2. The standard InChI is InChI=1S/C77H67BN2O/c1-73(2,3)45-28-33-49(34-29-45)79-63-39-47(75(7,8)9)32-38-62(63)78-70-64(79)40-48(76(10,11)12)41-65(70)80(50-35-30-46(31-36-50)74(4,5)6)71-57-42-56-53-22-15-16-25-58(53)77(61(56)43-66(57)81-72(71)78)59-26-18-24-55-52-21-14-13-20-51(52)54-23-17-19-44-27-37-60(77)69(67(44)54)68(55)59/h13-43H,1-12H3. The van der Waals surface area contributed by atoms with E-state index in [9.17, 15) is 0 Å². The maximum Gasteiger partial charge on any atom is 0.297 e. The molecule has 0 N–H and O–H groups in total. The van der Waals surface area contributed by atoms with Gasteiger partial charge in [0.2, 0.25) is 0 Å². The maximum atomic E-state index is 7.93. The molecule has 0 saturated carbocycles. The molecule has 10 aromatic carbocycles. The maximum absolute atomic E-state index is 7.93. The Hall–Kier alpha value is -8.34. The molecule has 394 valence electrons. The third kappa shape index (κ3) is 6.48. The molecule has 3 heterocycles. The Morgan fingerprint density at radius 2 is 0.914 bits per heavy atom. The van der Waals surface area contributed by atoms with Crippen molar-refractivity contribution in [1.82, 2.24) is 0 Å². The van der Waals surface area contributed by atoms with Crippen LogP contribution in [0.3, 0.4) is 0 Å². The van der Waals surface area contributed by atoms with Crippen LogP contribution in [0, 0.1) is 0 Å². The fourth-order valence-electron chi connectivity index (χ4n) is 15.1. The van der Waals surface area contributed by atoms with Crippen LogP contribution >= 0.6 is 0 Å². The van der Waals surface area contributed by atoms with Gasteiger partial charge < -0.3 is 14.2 Å². The van der Waals surface area contributed by atoms with Crippen molar-refractivity contribution in [3.05, 3.63) is 233 Å². The van der Waals surface area contributed by atoms with Crippen LogP contribution in [0.5, 0.6) is 0 Å². The summed E-state index contributed by atoms with van der Waals surface area (Å²) in [5, 5.41) is 3.74. The second-order valence-electron chi connectivity index (χ2n) is 28.1. The largest absolute Gasteiger partial charge is 0.468 e. The Kier molecular flexibility index (Phi) is 9.58. The lowest BCUT2D eigenvalue weighted by Gasteiger charge is -2.44. The van der Waals surface area contributed by atoms with Gasteiger partial charge in [-0.25, -0.2) is 0 Å². The van der Waals surface area contributed by atoms with Gasteiger partial charge in [0.15, 0.2) is 0 Å². The van der Waals surface area contributed by atoms with Crippen molar-refractivity contribution < 1.29 is 4.42 Å². The first-order chi connectivity index (χ1) is 38.7. The van der Waals surface area contributed by atoms with Crippen molar-refractivity contribution in [2.75, 3.05) is 9.80 Å². The molecule has 0 radical (unpaired) electrons. The minimum absolute atomic E-state index is 0.0129. The fourth-order valence-corrected chi connectivity index (χ4v) is 15.1. The van der Waals surface area contributed by atoms with Gasteiger partial charge in [0, 0.05) is 33.8 Å². The second kappa shape index (κ2) is 16.0. The number of fused-ring (bicyclic) bond motifs is 16. The lowest BCUT2D eigenvalue weighted by Crippen LogP contribution is -2.61. The summed E-state index contributed by atoms with van der Waals surface area (Å²) in [5.74, 6) is 0. The van der Waals surface area contributed by atoms with Crippen molar-refractivity contribution in [2.45, 2.75) is 110 Å². The summed E-state index contributed by atoms with van der Waals surface area (Å²) in [4.78, 5) is 5.16. The molecule has 0 fully saturated rings. The number of anilines is 6. The van der Waals surface area contributed by atoms with E-state index in [0.717, 1.165) is 33.7 Å². The molecule has 3 aliphatic carbocycles. The second-order valence-corrected chi connectivity index (χ2v) is 28.1. The van der Waals surface area contributed by atoms with E-state index in [1.54, 1.807) is 0 Å². The highest BCUT2D eigenvalue weighted by molar-refractivity contribution is 7.00. The molecule has 0 amide bonds. The van der Waals surface area contributed by atoms with Crippen LogP contribution < -0.4 is 26.4 Å². The summed E-state index contributed by atoms with van der Waals surface area (Å²) >= 11 is 0. The van der Waals surface area contributed by atoms with Gasteiger partial charge in [-0.3, -0.25) is 0 Å². The van der Waals surface area contributed by atoms with E-state index in [-0.39, 0.29) is 28.4 Å². The smallest absolute Gasteiger partial charge is 0.297 e. The Labute approximate surface area is 478 Å². The van der Waals surface area contributed by atoms with E-state index >= 15 is 0 Å². The summed E-state index contributed by atoms with van der Waals surface area (Å²) in [6, 6.07) is 73.3. The molecule has 1 aromatic heterocycles. The lowest BCUT2D eigenvalue weighted by molar-refractivity contribution is 0.589. The van der Waals surface area contributed by atoms with Gasteiger partial charge in [-0.2, -0.15) is 0 Å². The Morgan fingerprint density at radius 1 is 0.383 bits per heavy atom. The van der Waals surface area contributed by atoms with Crippen LogP contribution in [0.2, 0.25) is 0 Å². The van der Waals surface area contributed by atoms with Gasteiger partial charge in [-0.1, -0.05) is 217 Å². The lowest BCUT2D eigenvalue weighted by atomic mass is 9.35. The summed E-state index contributed by atoms with van der Waals surface area (Å²) in [5.41, 5.74) is 31.5. The predicted molar refractivity (Wildman–Crippen MR) is 343 cm³/mol. The SMILES string of the molecule is CC(C)(C)c1ccc(N2c3cc(C(C)(C)C)ccc3B3c4oc5cc6c(cc5c4N(c4ccc(C(C)(C)C)cc4)c4cc(C(C)(C)C)cc2c43)-c2ccccc2C62c3cccc4c3-c3c2ccc2cccc(c32)-c2ccccc2-4)cc1. The molecular formula is C77H67BN2O. The van der Waals surface area contributed by atoms with Gasteiger partial charge >= 0.3 is 0 Å². The summed E-state index contributed by atoms with van der Waals surface area (Å²) in [6.45, 7) is 27.7. The minimum Gasteiger partial charge on any atom is -0.468 e. The first kappa shape index (κ1) is 48.6. The number of nitrogens with zero attached hydrogens (tertiary/aromatic N) is 2. The molecule has 1 atom stereocenters. The molecule has 5 aliphatic rings. The average molecular weight is 1050 g/mol. The van der Waals surface area contributed by atoms with E-state index < -0.39 is 5.41 Å². The first-order valence-electron chi connectivity index (χ1n) is 29.4. The van der Waals surface area contributed by atoms with Crippen molar-refractivity contribution in [2.24, 2.45) is 0 Å². The molecule has 11 aromatic rings. The molecule has 3 nitrogen and oxygen atoms in total. The van der Waals surface area contributed by atoms with Gasteiger partial charge in [-0.05, 0) is 187 Å². The molecule has 0 saturated heterocycles. The highest BCUT2D eigenvalue weighted by atomic mass is 16.3. The highest BCUT2D eigenvalue weighted by Gasteiger charge is 2.55. The Bertz CT molecular complexity index is 4560. The average Bonchev–Trinajstić information content (AvgIpc) is 1.86. The van der Waals surface area contributed by atoms with Crippen LogP contribution in [-0.4, -0.2) is 6.71 Å². The van der Waals surface area contributed by atoms with Gasteiger partial charge in [0.1, 0.15) is 5.58 Å². The Morgan fingerprint density at radius 3 is 1.58 bits per heavy atom. The van der Waals surface area contributed by atoms with Crippen LogP contribution in [0.4, 0.5) is 34.1 Å². The van der Waals surface area contributed by atoms with Gasteiger partial charge in [-0.15, -0.1) is 0 Å².